The Hall–Kier alpha value is -3.48. The SMILES string of the molecule is Cc1cc(C(F)F)nc2sc(C(N)=O)c(NC(=O)CCn3cc([N+](=O)[O-])cn3)c12. The number of carbonyl (C=O) groups excluding carboxylic acids is 2. The van der Waals surface area contributed by atoms with E-state index >= 15 is 0 Å². The Kier molecular flexibility index (Phi) is 5.50. The molecule has 3 rings (SSSR count). The molecule has 0 radical (unpaired) electrons. The third kappa shape index (κ3) is 4.18. The van der Waals surface area contributed by atoms with E-state index in [1.165, 1.54) is 16.9 Å². The number of fused-ring (bicyclic) bond motifs is 1. The second-order valence-electron chi connectivity index (χ2n) is 6.03. The highest BCUT2D eigenvalue weighted by Gasteiger charge is 2.23. The molecule has 3 aromatic rings. The minimum atomic E-state index is -2.78. The van der Waals surface area contributed by atoms with E-state index in [1.54, 1.807) is 6.92 Å². The lowest BCUT2D eigenvalue weighted by atomic mass is 10.1. The molecular weight excluding hydrogens is 410 g/mol. The molecule has 0 aliphatic carbocycles. The Morgan fingerprint density at radius 1 is 1.45 bits per heavy atom. The van der Waals surface area contributed by atoms with Crippen LogP contribution >= 0.6 is 11.3 Å². The highest BCUT2D eigenvalue weighted by atomic mass is 32.1. The summed E-state index contributed by atoms with van der Waals surface area (Å²) in [5.41, 5.74) is 5.24. The van der Waals surface area contributed by atoms with Gasteiger partial charge in [-0.3, -0.25) is 24.4 Å². The molecule has 3 heterocycles. The van der Waals surface area contributed by atoms with Gasteiger partial charge < -0.3 is 11.1 Å². The van der Waals surface area contributed by atoms with Crippen molar-refractivity contribution in [3.05, 3.63) is 44.7 Å². The monoisotopic (exact) mass is 424 g/mol. The molecule has 0 aliphatic rings. The van der Waals surface area contributed by atoms with Gasteiger partial charge in [-0.05, 0) is 18.6 Å². The first-order valence-corrected chi connectivity index (χ1v) is 8.97. The molecule has 0 aromatic carbocycles. The third-order valence-electron chi connectivity index (χ3n) is 3.99. The van der Waals surface area contributed by atoms with Crippen LogP contribution < -0.4 is 11.1 Å². The quantitative estimate of drug-likeness (QED) is 0.440. The van der Waals surface area contributed by atoms with Crippen LogP contribution in [0.2, 0.25) is 0 Å². The van der Waals surface area contributed by atoms with Crippen molar-refractivity contribution in [2.24, 2.45) is 5.73 Å². The number of aryl methyl sites for hydroxylation is 2. The zero-order chi connectivity index (χ0) is 21.3. The maximum absolute atomic E-state index is 13.0. The molecule has 0 saturated heterocycles. The number of alkyl halides is 2. The van der Waals surface area contributed by atoms with Crippen molar-refractivity contribution in [3.63, 3.8) is 0 Å². The van der Waals surface area contributed by atoms with Crippen molar-refractivity contribution in [3.8, 4) is 0 Å². The lowest BCUT2D eigenvalue weighted by Crippen LogP contribution is -2.18. The van der Waals surface area contributed by atoms with Gasteiger partial charge in [0.1, 0.15) is 27.8 Å². The number of primary amides is 1. The molecule has 10 nitrogen and oxygen atoms in total. The number of nitrogens with two attached hydrogens (primary N) is 1. The third-order valence-corrected chi connectivity index (χ3v) is 5.09. The minimum absolute atomic E-state index is 0.00917. The number of rotatable bonds is 7. The largest absolute Gasteiger partial charge is 0.365 e. The van der Waals surface area contributed by atoms with E-state index < -0.39 is 28.9 Å². The fraction of sp³-hybridized carbons (Fsp3) is 0.250. The molecular formula is C16H14F2N6O4S. The van der Waals surface area contributed by atoms with E-state index in [9.17, 15) is 28.5 Å². The summed E-state index contributed by atoms with van der Waals surface area (Å²) < 4.78 is 27.2. The van der Waals surface area contributed by atoms with E-state index in [-0.39, 0.29) is 34.0 Å². The second kappa shape index (κ2) is 7.87. The molecule has 152 valence electrons. The number of carbonyl (C=O) groups is 2. The Morgan fingerprint density at radius 2 is 2.17 bits per heavy atom. The van der Waals surface area contributed by atoms with Crippen molar-refractivity contribution in [1.29, 1.82) is 0 Å². The van der Waals surface area contributed by atoms with Crippen molar-refractivity contribution >= 4 is 44.7 Å². The highest BCUT2D eigenvalue weighted by molar-refractivity contribution is 7.21. The zero-order valence-electron chi connectivity index (χ0n) is 14.9. The number of pyridine rings is 1. The average Bonchev–Trinajstić information content (AvgIpc) is 3.25. The van der Waals surface area contributed by atoms with Crippen LogP contribution in [0.5, 0.6) is 0 Å². The fourth-order valence-electron chi connectivity index (χ4n) is 2.70. The smallest absolute Gasteiger partial charge is 0.306 e. The number of halogens is 2. The minimum Gasteiger partial charge on any atom is -0.365 e. The van der Waals surface area contributed by atoms with Gasteiger partial charge in [0, 0.05) is 18.4 Å². The van der Waals surface area contributed by atoms with Gasteiger partial charge in [-0.25, -0.2) is 13.8 Å². The Bertz CT molecular complexity index is 1130. The number of nitrogens with zero attached hydrogens (tertiary/aromatic N) is 4. The number of anilines is 1. The van der Waals surface area contributed by atoms with Crippen LogP contribution in [0.3, 0.4) is 0 Å². The number of nitro groups is 1. The zero-order valence-corrected chi connectivity index (χ0v) is 15.7. The summed E-state index contributed by atoms with van der Waals surface area (Å²) in [5, 5.41) is 17.4. The maximum atomic E-state index is 13.0. The summed E-state index contributed by atoms with van der Waals surface area (Å²) in [6.45, 7) is 1.62. The molecule has 0 aliphatic heterocycles. The molecule has 3 aromatic heterocycles. The van der Waals surface area contributed by atoms with Crippen LogP contribution in [-0.4, -0.2) is 31.5 Å². The van der Waals surface area contributed by atoms with Gasteiger partial charge in [-0.1, -0.05) is 0 Å². The maximum Gasteiger partial charge on any atom is 0.306 e. The lowest BCUT2D eigenvalue weighted by molar-refractivity contribution is -0.385. The molecule has 0 saturated carbocycles. The predicted molar refractivity (Wildman–Crippen MR) is 100.0 cm³/mol. The summed E-state index contributed by atoms with van der Waals surface area (Å²) in [4.78, 5) is 38.2. The molecule has 0 bridgehead atoms. The number of amides is 2. The Morgan fingerprint density at radius 3 is 2.76 bits per heavy atom. The van der Waals surface area contributed by atoms with Crippen molar-refractivity contribution in [1.82, 2.24) is 14.8 Å². The van der Waals surface area contributed by atoms with E-state index in [4.69, 9.17) is 5.73 Å². The first kappa shape index (κ1) is 20.3. The molecule has 0 unspecified atom stereocenters. The summed E-state index contributed by atoms with van der Waals surface area (Å²) >= 11 is 0.815. The van der Waals surface area contributed by atoms with E-state index in [2.05, 4.69) is 15.4 Å². The van der Waals surface area contributed by atoms with E-state index in [1.807, 2.05) is 0 Å². The summed E-state index contributed by atoms with van der Waals surface area (Å²) in [7, 11) is 0. The van der Waals surface area contributed by atoms with Crippen LogP contribution in [-0.2, 0) is 11.3 Å². The van der Waals surface area contributed by atoms with Gasteiger partial charge in [0.2, 0.25) is 5.91 Å². The number of hydrogen-bond donors (Lipinski definition) is 2. The standard InChI is InChI=1S/C16H14F2N6O4S/c1-7-4-9(14(17)18)21-16-11(7)12(13(29-16)15(19)26)22-10(25)2-3-23-6-8(5-20-23)24(27)28/h4-6,14H,2-3H2,1H3,(H2,19,26)(H,22,25). The predicted octanol–water partition coefficient (Wildman–Crippen LogP) is 2.77. The first-order valence-electron chi connectivity index (χ1n) is 8.16. The number of thiophene rings is 1. The molecule has 0 atom stereocenters. The summed E-state index contributed by atoms with van der Waals surface area (Å²) in [6, 6.07) is 1.18. The number of aromatic nitrogens is 3. The Balaban J connectivity index is 1.85. The van der Waals surface area contributed by atoms with Crippen LogP contribution in [0.25, 0.3) is 10.2 Å². The lowest BCUT2D eigenvalue weighted by Gasteiger charge is -2.08. The van der Waals surface area contributed by atoms with Crippen molar-refractivity contribution < 1.29 is 23.3 Å². The summed E-state index contributed by atoms with van der Waals surface area (Å²) in [5.74, 6) is -1.34. The summed E-state index contributed by atoms with van der Waals surface area (Å²) in [6.07, 6.45) is -0.642. The van der Waals surface area contributed by atoms with Gasteiger partial charge in [-0.2, -0.15) is 5.10 Å². The molecule has 13 heteroatoms. The molecule has 2 amide bonds. The highest BCUT2D eigenvalue weighted by Crippen LogP contribution is 2.38. The van der Waals surface area contributed by atoms with Gasteiger partial charge in [0.25, 0.3) is 12.3 Å². The van der Waals surface area contributed by atoms with Crippen LogP contribution in [0.4, 0.5) is 20.2 Å². The van der Waals surface area contributed by atoms with Gasteiger partial charge in [-0.15, -0.1) is 11.3 Å². The molecule has 3 N–H and O–H groups in total. The first-order chi connectivity index (χ1) is 13.7. The van der Waals surface area contributed by atoms with Gasteiger partial charge >= 0.3 is 5.69 Å². The van der Waals surface area contributed by atoms with Crippen molar-refractivity contribution in [2.75, 3.05) is 5.32 Å². The van der Waals surface area contributed by atoms with Crippen LogP contribution in [0.15, 0.2) is 18.5 Å². The number of nitrogens with one attached hydrogen (secondary N) is 1. The average molecular weight is 424 g/mol. The normalized spacial score (nSPS) is 11.2. The molecule has 0 spiro atoms. The van der Waals surface area contributed by atoms with Crippen LogP contribution in [0, 0.1) is 17.0 Å². The second-order valence-corrected chi connectivity index (χ2v) is 7.03. The topological polar surface area (TPSA) is 146 Å². The molecule has 29 heavy (non-hydrogen) atoms. The molecule has 0 fully saturated rings. The number of hydrogen-bond acceptors (Lipinski definition) is 7. The van der Waals surface area contributed by atoms with E-state index in [0.29, 0.717) is 10.9 Å². The fourth-order valence-corrected chi connectivity index (χ4v) is 3.76. The van der Waals surface area contributed by atoms with Gasteiger partial charge in [0.15, 0.2) is 0 Å². The van der Waals surface area contributed by atoms with Crippen molar-refractivity contribution in [2.45, 2.75) is 26.3 Å². The Labute approximate surface area is 165 Å². The van der Waals surface area contributed by atoms with Crippen LogP contribution in [0.1, 0.15) is 33.8 Å². The van der Waals surface area contributed by atoms with E-state index in [0.717, 1.165) is 17.5 Å². The van der Waals surface area contributed by atoms with Gasteiger partial charge in [0.05, 0.1) is 10.6 Å².